The summed E-state index contributed by atoms with van der Waals surface area (Å²) < 4.78 is 61.4. The first-order chi connectivity index (χ1) is 15.1. The van der Waals surface area contributed by atoms with E-state index in [0.717, 1.165) is 27.9 Å². The second kappa shape index (κ2) is 11.0. The van der Waals surface area contributed by atoms with E-state index >= 15 is 0 Å². The van der Waals surface area contributed by atoms with Gasteiger partial charge in [-0.05, 0) is 29.8 Å². The fraction of sp³-hybridized carbons (Fsp3) is 0.227. The van der Waals surface area contributed by atoms with Gasteiger partial charge in [-0.3, -0.25) is 0 Å². The molecule has 0 unspecified atom stereocenters. The first-order valence-electron chi connectivity index (χ1n) is 9.11. The molecule has 3 aromatic rings. The molecule has 0 saturated carbocycles. The van der Waals surface area contributed by atoms with E-state index in [2.05, 4.69) is 0 Å². The van der Waals surface area contributed by atoms with Crippen LogP contribution in [0.5, 0.6) is 23.0 Å². The maximum atomic E-state index is 8.49. The Balaban J connectivity index is 0.000000654. The van der Waals surface area contributed by atoms with Crippen molar-refractivity contribution >= 4 is 22.9 Å². The third-order valence-corrected chi connectivity index (χ3v) is 4.29. The number of hydrogen-bond acceptors (Lipinski definition) is 8. The summed E-state index contributed by atoms with van der Waals surface area (Å²) in [6.07, 6.45) is 3.90. The Morgan fingerprint density at radius 1 is 0.719 bits per heavy atom. The number of halogens is 1. The molecule has 0 aliphatic carbocycles. The molecule has 2 aromatic carbocycles. The topological polar surface area (TPSA) is 140 Å². The average Bonchev–Trinajstić information content (AvgIpc) is 2.74. The summed E-state index contributed by atoms with van der Waals surface area (Å²) in [7, 11) is 1.54. The molecule has 32 heavy (non-hydrogen) atoms. The van der Waals surface area contributed by atoms with Gasteiger partial charge in [0.15, 0.2) is 23.0 Å². The van der Waals surface area contributed by atoms with E-state index in [1.54, 1.807) is 28.4 Å². The van der Waals surface area contributed by atoms with Crippen LogP contribution >= 0.6 is 0 Å². The van der Waals surface area contributed by atoms with Gasteiger partial charge < -0.3 is 18.9 Å². The van der Waals surface area contributed by atoms with Crippen molar-refractivity contribution in [3.8, 4) is 23.0 Å². The zero-order valence-corrected chi connectivity index (χ0v) is 18.9. The van der Waals surface area contributed by atoms with E-state index in [1.165, 1.54) is 0 Å². The maximum absolute atomic E-state index is 8.49. The minimum absolute atomic E-state index is 0.657. The maximum Gasteiger partial charge on any atom is 0.360 e. The molecule has 0 aliphatic heterocycles. The van der Waals surface area contributed by atoms with Crippen molar-refractivity contribution in [3.05, 3.63) is 53.5 Å². The highest BCUT2D eigenvalue weighted by atomic mass is 35.7. The highest BCUT2D eigenvalue weighted by molar-refractivity contribution is 5.93. The van der Waals surface area contributed by atoms with Crippen LogP contribution < -0.4 is 37.6 Å². The lowest BCUT2D eigenvalue weighted by Crippen LogP contribution is -2.68. The van der Waals surface area contributed by atoms with Gasteiger partial charge in [-0.1, -0.05) is 6.07 Å². The van der Waals surface area contributed by atoms with E-state index in [-0.39, 0.29) is 0 Å². The summed E-state index contributed by atoms with van der Waals surface area (Å²) in [5, 5.41) is 1.96. The van der Waals surface area contributed by atoms with Crippen LogP contribution in [0, 0.1) is 17.2 Å². The average molecular weight is 467 g/mol. The Kier molecular flexibility index (Phi) is 8.64. The van der Waals surface area contributed by atoms with Crippen molar-refractivity contribution in [1.82, 2.24) is 0 Å². The zero-order valence-electron chi connectivity index (χ0n) is 18.2. The quantitative estimate of drug-likeness (QED) is 0.474. The van der Waals surface area contributed by atoms with Crippen LogP contribution in [0.25, 0.3) is 22.9 Å². The molecule has 1 aromatic heterocycles. The molecule has 0 amide bonds. The van der Waals surface area contributed by atoms with Gasteiger partial charge in [-0.2, -0.15) is 0 Å². The molecule has 0 spiro atoms. The number of fused-ring (bicyclic) bond motifs is 1. The molecule has 0 atom stereocenters. The first kappa shape index (κ1) is 25.2. The van der Waals surface area contributed by atoms with Crippen molar-refractivity contribution in [2.45, 2.75) is 6.92 Å². The van der Waals surface area contributed by atoms with E-state index in [9.17, 15) is 0 Å². The highest BCUT2D eigenvalue weighted by Crippen LogP contribution is 2.35. The Labute approximate surface area is 187 Å². The molecule has 1 heterocycles. The van der Waals surface area contributed by atoms with Crippen LogP contribution in [-0.2, 0) is 0 Å². The van der Waals surface area contributed by atoms with Gasteiger partial charge in [0.1, 0.15) is 0 Å². The molecule has 0 aliphatic rings. The molecule has 9 nitrogen and oxygen atoms in total. The minimum atomic E-state index is -4.94. The normalized spacial score (nSPS) is 11.2. The SMILES string of the molecule is COc1ccc(/C=C/c2[o+]c(C)cc3cc(OC)c(OC)cc23)cc1OC.[O-][Cl+3]([O-])([O-])[O-]. The second-order valence-corrected chi connectivity index (χ2v) is 7.10. The lowest BCUT2D eigenvalue weighted by atomic mass is 10.1. The van der Waals surface area contributed by atoms with Crippen molar-refractivity contribution < 1.29 is 52.2 Å². The van der Waals surface area contributed by atoms with E-state index in [1.807, 2.05) is 55.5 Å². The van der Waals surface area contributed by atoms with Crippen LogP contribution in [0.2, 0.25) is 0 Å². The fourth-order valence-corrected chi connectivity index (χ4v) is 2.96. The highest BCUT2D eigenvalue weighted by Gasteiger charge is 2.17. The van der Waals surface area contributed by atoms with Gasteiger partial charge in [0.25, 0.3) is 0 Å². The molecule has 0 bridgehead atoms. The van der Waals surface area contributed by atoms with Crippen LogP contribution in [0.4, 0.5) is 0 Å². The van der Waals surface area contributed by atoms with Crippen molar-refractivity contribution in [2.75, 3.05) is 28.4 Å². The number of hydrogen-bond donors (Lipinski definition) is 0. The largest absolute Gasteiger partial charge is 0.493 e. The fourth-order valence-electron chi connectivity index (χ4n) is 2.96. The van der Waals surface area contributed by atoms with Gasteiger partial charge in [-0.25, -0.2) is 23.1 Å². The van der Waals surface area contributed by atoms with Crippen LogP contribution in [-0.4, -0.2) is 28.4 Å². The zero-order chi connectivity index (χ0) is 23.9. The lowest BCUT2D eigenvalue weighted by molar-refractivity contribution is -2.00. The Hall–Kier alpha value is -3.08. The monoisotopic (exact) mass is 466 g/mol. The molecule has 0 fully saturated rings. The van der Waals surface area contributed by atoms with Crippen molar-refractivity contribution in [3.63, 3.8) is 0 Å². The predicted molar refractivity (Wildman–Crippen MR) is 107 cm³/mol. The van der Waals surface area contributed by atoms with Gasteiger partial charge in [0.05, 0.1) is 40.7 Å². The van der Waals surface area contributed by atoms with Crippen LogP contribution in [0.15, 0.2) is 40.8 Å². The molecular weight excluding hydrogens is 444 g/mol. The first-order valence-corrected chi connectivity index (χ1v) is 10.3. The number of benzene rings is 2. The minimum Gasteiger partial charge on any atom is -0.493 e. The smallest absolute Gasteiger partial charge is 0.360 e. The Bertz CT molecular complexity index is 1080. The Morgan fingerprint density at radius 3 is 1.81 bits per heavy atom. The van der Waals surface area contributed by atoms with E-state index in [4.69, 9.17) is 42.0 Å². The summed E-state index contributed by atoms with van der Waals surface area (Å²) in [6, 6.07) is 11.6. The number of aryl methyl sites for hydroxylation is 1. The second-order valence-electron chi connectivity index (χ2n) is 6.34. The molecular formula is C22H23ClO9. The summed E-state index contributed by atoms with van der Waals surface area (Å²) >= 11 is 0. The molecule has 0 N–H and O–H groups in total. The summed E-state index contributed by atoms with van der Waals surface area (Å²) in [6.45, 7) is 1.92. The number of ether oxygens (including phenoxy) is 4. The van der Waals surface area contributed by atoms with E-state index < -0.39 is 10.2 Å². The molecule has 0 saturated heterocycles. The van der Waals surface area contributed by atoms with Crippen LogP contribution in [0.3, 0.4) is 0 Å². The molecule has 0 radical (unpaired) electrons. The summed E-state index contributed by atoms with van der Waals surface area (Å²) in [4.78, 5) is 0. The summed E-state index contributed by atoms with van der Waals surface area (Å²) in [5.74, 6) is 4.26. The third kappa shape index (κ3) is 6.98. The van der Waals surface area contributed by atoms with Crippen LogP contribution in [0.1, 0.15) is 17.1 Å². The predicted octanol–water partition coefficient (Wildman–Crippen LogP) is 0.471. The van der Waals surface area contributed by atoms with Gasteiger partial charge in [0.2, 0.25) is 0 Å². The van der Waals surface area contributed by atoms with E-state index in [0.29, 0.717) is 23.0 Å². The summed E-state index contributed by atoms with van der Waals surface area (Å²) in [5.41, 5.74) is 0.970. The third-order valence-electron chi connectivity index (χ3n) is 4.29. The molecule has 172 valence electrons. The Morgan fingerprint density at radius 2 is 1.25 bits per heavy atom. The number of rotatable bonds is 6. The van der Waals surface area contributed by atoms with Crippen molar-refractivity contribution in [1.29, 1.82) is 0 Å². The standard InChI is InChI=1S/C22H23O5.ClHO4/c1-14-10-16-12-21(25-4)22(26-5)13-17(16)18(27-14)8-6-15-7-9-19(23-2)20(11-15)24-3;2-1(3,4)5/h6-13H,1-5H3;(H,2,3,4,5)/q+1;/p-1/b8-6+;. The molecule has 10 heteroatoms. The molecule has 3 rings (SSSR count). The lowest BCUT2D eigenvalue weighted by Gasteiger charge is -2.17. The van der Waals surface area contributed by atoms with Gasteiger partial charge >= 0.3 is 11.5 Å². The van der Waals surface area contributed by atoms with Crippen molar-refractivity contribution in [2.24, 2.45) is 0 Å². The van der Waals surface area contributed by atoms with Gasteiger partial charge in [-0.15, -0.1) is 10.2 Å². The van der Waals surface area contributed by atoms with Gasteiger partial charge in [0, 0.05) is 23.6 Å². The number of methoxy groups -OCH3 is 4.